The number of amides is 3. The molecule has 0 aliphatic rings. The maximum Gasteiger partial charge on any atom is 0.338 e. The number of anilines is 1. The first-order valence-corrected chi connectivity index (χ1v) is 9.80. The molecule has 0 spiro atoms. The number of esters is 1. The van der Waals surface area contributed by atoms with Gasteiger partial charge in [0.1, 0.15) is 5.75 Å². The number of rotatable bonds is 6. The van der Waals surface area contributed by atoms with Crippen LogP contribution < -0.4 is 15.4 Å². The van der Waals surface area contributed by atoms with Crippen molar-refractivity contribution in [2.75, 3.05) is 25.3 Å². The number of hydrogen-bond donors (Lipinski definition) is 2. The lowest BCUT2D eigenvalue weighted by atomic mass is 10.2. The maximum atomic E-state index is 12.0. The van der Waals surface area contributed by atoms with E-state index >= 15 is 0 Å². The Labute approximate surface area is 161 Å². The van der Waals surface area contributed by atoms with Gasteiger partial charge in [0.2, 0.25) is 0 Å². The van der Waals surface area contributed by atoms with Crippen LogP contribution in [-0.4, -0.2) is 46.3 Å². The summed E-state index contributed by atoms with van der Waals surface area (Å²) in [5.74, 6) is -1.14. The molecule has 10 heteroatoms. The Morgan fingerprint density at radius 2 is 1.71 bits per heavy atom. The number of imide groups is 1. The van der Waals surface area contributed by atoms with E-state index in [0.717, 1.165) is 12.3 Å². The highest BCUT2D eigenvalue weighted by Gasteiger charge is 2.15. The summed E-state index contributed by atoms with van der Waals surface area (Å²) >= 11 is 0. The molecule has 0 saturated heterocycles. The van der Waals surface area contributed by atoms with Gasteiger partial charge in [0.05, 0.1) is 17.6 Å². The van der Waals surface area contributed by atoms with Crippen LogP contribution in [0.3, 0.4) is 0 Å². The summed E-state index contributed by atoms with van der Waals surface area (Å²) < 4.78 is 32.8. The van der Waals surface area contributed by atoms with Gasteiger partial charge in [-0.3, -0.25) is 10.1 Å². The Kier molecular flexibility index (Phi) is 6.72. The van der Waals surface area contributed by atoms with Crippen molar-refractivity contribution in [3.05, 3.63) is 54.1 Å². The molecular formula is C18H18N2O7S. The zero-order valence-corrected chi connectivity index (χ0v) is 15.9. The molecule has 0 bridgehead atoms. The van der Waals surface area contributed by atoms with Gasteiger partial charge in [0.25, 0.3) is 5.91 Å². The third-order valence-corrected chi connectivity index (χ3v) is 4.54. The quantitative estimate of drug-likeness (QED) is 0.698. The molecule has 2 aromatic carbocycles. The molecule has 28 heavy (non-hydrogen) atoms. The van der Waals surface area contributed by atoms with Gasteiger partial charge in [0, 0.05) is 11.9 Å². The summed E-state index contributed by atoms with van der Waals surface area (Å²) in [7, 11) is -1.98. The van der Waals surface area contributed by atoms with E-state index in [0.29, 0.717) is 11.4 Å². The first-order valence-electron chi connectivity index (χ1n) is 7.91. The van der Waals surface area contributed by atoms with Crippen LogP contribution in [0.4, 0.5) is 10.5 Å². The first kappa shape index (κ1) is 20.9. The average molecular weight is 406 g/mol. The summed E-state index contributed by atoms with van der Waals surface area (Å²) in [4.78, 5) is 35.4. The summed E-state index contributed by atoms with van der Waals surface area (Å²) in [5.41, 5.74) is 0.402. The Balaban J connectivity index is 1.86. The predicted molar refractivity (Wildman–Crippen MR) is 100.0 cm³/mol. The van der Waals surface area contributed by atoms with E-state index < -0.39 is 34.4 Å². The second-order valence-corrected chi connectivity index (χ2v) is 7.62. The monoisotopic (exact) mass is 406 g/mol. The lowest BCUT2D eigenvalue weighted by Crippen LogP contribution is -2.37. The molecule has 0 saturated carbocycles. The minimum absolute atomic E-state index is 0.0293. The van der Waals surface area contributed by atoms with E-state index in [2.05, 4.69) is 5.32 Å². The molecular weight excluding hydrogens is 388 g/mol. The van der Waals surface area contributed by atoms with Crippen molar-refractivity contribution in [2.45, 2.75) is 4.90 Å². The molecule has 0 aliphatic carbocycles. The molecule has 2 aromatic rings. The van der Waals surface area contributed by atoms with Crippen molar-refractivity contribution < 1.29 is 32.3 Å². The molecule has 0 radical (unpaired) electrons. The number of hydrogen-bond acceptors (Lipinski definition) is 7. The van der Waals surface area contributed by atoms with Crippen molar-refractivity contribution in [3.63, 3.8) is 0 Å². The minimum atomic E-state index is -3.49. The highest BCUT2D eigenvalue weighted by molar-refractivity contribution is 7.90. The first-order chi connectivity index (χ1) is 13.2. The summed E-state index contributed by atoms with van der Waals surface area (Å²) in [5, 5.41) is 4.44. The molecule has 3 amide bonds. The number of benzene rings is 2. The Morgan fingerprint density at radius 3 is 2.32 bits per heavy atom. The molecule has 148 valence electrons. The van der Waals surface area contributed by atoms with Crippen LogP contribution in [0.1, 0.15) is 10.4 Å². The van der Waals surface area contributed by atoms with Gasteiger partial charge in [-0.05, 0) is 42.5 Å². The van der Waals surface area contributed by atoms with E-state index in [1.807, 2.05) is 5.32 Å². The molecule has 0 aromatic heterocycles. The molecule has 0 fully saturated rings. The van der Waals surface area contributed by atoms with E-state index in [1.165, 1.54) is 25.3 Å². The predicted octanol–water partition coefficient (Wildman–Crippen LogP) is 1.60. The zero-order chi connectivity index (χ0) is 20.7. The highest BCUT2D eigenvalue weighted by atomic mass is 32.2. The molecule has 2 N–H and O–H groups in total. The van der Waals surface area contributed by atoms with Crippen LogP contribution in [0.5, 0.6) is 5.75 Å². The van der Waals surface area contributed by atoms with Crippen LogP contribution in [0.25, 0.3) is 0 Å². The fraction of sp³-hybridized carbons (Fsp3) is 0.167. The van der Waals surface area contributed by atoms with Gasteiger partial charge in [0.15, 0.2) is 16.4 Å². The number of urea groups is 1. The van der Waals surface area contributed by atoms with Gasteiger partial charge in [-0.25, -0.2) is 18.0 Å². The average Bonchev–Trinajstić information content (AvgIpc) is 2.66. The minimum Gasteiger partial charge on any atom is -0.497 e. The van der Waals surface area contributed by atoms with E-state index in [9.17, 15) is 22.8 Å². The van der Waals surface area contributed by atoms with Gasteiger partial charge < -0.3 is 14.8 Å². The number of sulfone groups is 1. The van der Waals surface area contributed by atoms with Gasteiger partial charge in [-0.2, -0.15) is 0 Å². The van der Waals surface area contributed by atoms with Crippen LogP contribution in [0, 0.1) is 0 Å². The van der Waals surface area contributed by atoms with Crippen LogP contribution in [0.15, 0.2) is 53.4 Å². The van der Waals surface area contributed by atoms with Crippen molar-refractivity contribution in [1.82, 2.24) is 5.32 Å². The SMILES string of the molecule is COc1ccc(NC(=O)NC(=O)COC(=O)c2cccc(S(C)(=O)=O)c2)cc1. The van der Waals surface area contributed by atoms with Gasteiger partial charge in [-0.15, -0.1) is 0 Å². The number of carbonyl (C=O) groups excluding carboxylic acids is 3. The molecule has 0 unspecified atom stereocenters. The topological polar surface area (TPSA) is 128 Å². The number of methoxy groups -OCH3 is 1. The van der Waals surface area contributed by atoms with Crippen LogP contribution in [-0.2, 0) is 19.4 Å². The Bertz CT molecular complexity index is 985. The highest BCUT2D eigenvalue weighted by Crippen LogP contribution is 2.15. The number of ether oxygens (including phenoxy) is 2. The van der Waals surface area contributed by atoms with Crippen molar-refractivity contribution in [2.24, 2.45) is 0 Å². The third kappa shape index (κ3) is 6.09. The summed E-state index contributed by atoms with van der Waals surface area (Å²) in [6, 6.07) is 10.8. The Hall–Kier alpha value is -3.40. The second kappa shape index (κ2) is 9.00. The fourth-order valence-corrected chi connectivity index (χ4v) is 2.73. The molecule has 0 aliphatic heterocycles. The zero-order valence-electron chi connectivity index (χ0n) is 15.1. The molecule has 9 nitrogen and oxygen atoms in total. The van der Waals surface area contributed by atoms with Crippen LogP contribution >= 0.6 is 0 Å². The lowest BCUT2D eigenvalue weighted by molar-refractivity contribution is -0.123. The lowest BCUT2D eigenvalue weighted by Gasteiger charge is -2.08. The summed E-state index contributed by atoms with van der Waals surface area (Å²) in [6.07, 6.45) is 1.01. The van der Waals surface area contributed by atoms with Gasteiger partial charge >= 0.3 is 12.0 Å². The van der Waals surface area contributed by atoms with Crippen molar-refractivity contribution in [3.8, 4) is 5.75 Å². The maximum absolute atomic E-state index is 12.0. The van der Waals surface area contributed by atoms with E-state index in [-0.39, 0.29) is 10.5 Å². The standard InChI is InChI=1S/C18H18N2O7S/c1-26-14-8-6-13(7-9-14)19-18(23)20-16(21)11-27-17(22)12-4-3-5-15(10-12)28(2,24)25/h3-10H,11H2,1-2H3,(H2,19,20,21,23). The second-order valence-electron chi connectivity index (χ2n) is 5.61. The fourth-order valence-electron chi connectivity index (χ4n) is 2.07. The Morgan fingerprint density at radius 1 is 1.04 bits per heavy atom. The number of nitrogens with one attached hydrogen (secondary N) is 2. The smallest absolute Gasteiger partial charge is 0.338 e. The van der Waals surface area contributed by atoms with Crippen molar-refractivity contribution >= 4 is 33.4 Å². The largest absolute Gasteiger partial charge is 0.497 e. The van der Waals surface area contributed by atoms with Gasteiger partial charge in [-0.1, -0.05) is 6.07 Å². The van der Waals surface area contributed by atoms with Crippen LogP contribution in [0.2, 0.25) is 0 Å². The van der Waals surface area contributed by atoms with Crippen molar-refractivity contribution in [1.29, 1.82) is 0 Å². The molecule has 0 atom stereocenters. The van der Waals surface area contributed by atoms with E-state index in [1.54, 1.807) is 24.3 Å². The normalized spacial score (nSPS) is 10.6. The van der Waals surface area contributed by atoms with E-state index in [4.69, 9.17) is 9.47 Å². The molecule has 2 rings (SSSR count). The number of carbonyl (C=O) groups is 3. The molecule has 0 heterocycles. The third-order valence-electron chi connectivity index (χ3n) is 3.43. The summed E-state index contributed by atoms with van der Waals surface area (Å²) in [6.45, 7) is -0.710.